The van der Waals surface area contributed by atoms with Crippen LogP contribution in [0.15, 0.2) is 22.6 Å². The van der Waals surface area contributed by atoms with E-state index in [4.69, 9.17) is 4.42 Å². The highest BCUT2D eigenvalue weighted by atomic mass is 16.4. The van der Waals surface area contributed by atoms with Gasteiger partial charge in [0.15, 0.2) is 0 Å². The van der Waals surface area contributed by atoms with E-state index in [0.717, 1.165) is 75.0 Å². The van der Waals surface area contributed by atoms with Crippen molar-refractivity contribution in [2.24, 2.45) is 0 Å². The number of hydrogen-bond acceptors (Lipinski definition) is 5. The maximum atomic E-state index is 12.8. The van der Waals surface area contributed by atoms with E-state index in [1.807, 2.05) is 13.8 Å². The fraction of sp³-hybridized carbons (Fsp3) is 0.565. The minimum atomic E-state index is 0.0769. The number of aryl methyl sites for hydroxylation is 4. The number of aromatic nitrogens is 1. The van der Waals surface area contributed by atoms with Crippen molar-refractivity contribution in [1.29, 1.82) is 0 Å². The normalized spacial score (nSPS) is 16.0. The Morgan fingerprint density at radius 1 is 1.07 bits per heavy atom. The van der Waals surface area contributed by atoms with Gasteiger partial charge in [0.25, 0.3) is 0 Å². The van der Waals surface area contributed by atoms with Crippen molar-refractivity contribution in [2.45, 2.75) is 53.5 Å². The summed E-state index contributed by atoms with van der Waals surface area (Å²) in [5.74, 6) is 1.76. The highest BCUT2D eigenvalue weighted by molar-refractivity contribution is 5.93. The molecule has 0 unspecified atom stereocenters. The molecule has 1 aliphatic rings. The van der Waals surface area contributed by atoms with Crippen molar-refractivity contribution in [1.82, 2.24) is 14.8 Å². The summed E-state index contributed by atoms with van der Waals surface area (Å²) in [7, 11) is 0. The molecule has 1 fully saturated rings. The van der Waals surface area contributed by atoms with Crippen LogP contribution in [0.1, 0.15) is 48.7 Å². The Bertz CT molecular complexity index is 789. The molecule has 1 saturated heterocycles. The first kappa shape index (κ1) is 21.5. The molecular weight excluding hydrogens is 364 g/mol. The predicted octanol–water partition coefficient (Wildman–Crippen LogP) is 3.56. The summed E-state index contributed by atoms with van der Waals surface area (Å²) in [4.78, 5) is 21.9. The Kier molecular flexibility index (Phi) is 7.45. The van der Waals surface area contributed by atoms with Gasteiger partial charge in [-0.15, -0.1) is 0 Å². The minimum absolute atomic E-state index is 0.0769. The molecule has 0 radical (unpaired) electrons. The van der Waals surface area contributed by atoms with E-state index in [2.05, 4.69) is 52.1 Å². The average molecular weight is 399 g/mol. The first-order chi connectivity index (χ1) is 14.0. The lowest BCUT2D eigenvalue weighted by Crippen LogP contribution is -2.36. The van der Waals surface area contributed by atoms with Crippen LogP contribution in [0.25, 0.3) is 0 Å². The molecule has 1 aromatic carbocycles. The molecule has 0 spiro atoms. The van der Waals surface area contributed by atoms with E-state index in [1.54, 1.807) is 0 Å². The van der Waals surface area contributed by atoms with Crippen LogP contribution in [0.3, 0.4) is 0 Å². The molecule has 0 saturated carbocycles. The van der Waals surface area contributed by atoms with Crippen molar-refractivity contribution < 1.29 is 9.21 Å². The number of anilines is 1. The van der Waals surface area contributed by atoms with Gasteiger partial charge in [0.05, 0.1) is 18.8 Å². The summed E-state index contributed by atoms with van der Waals surface area (Å²) in [6.07, 6.45) is 2.88. The van der Waals surface area contributed by atoms with Gasteiger partial charge in [-0.05, 0) is 57.3 Å². The largest absolute Gasteiger partial charge is 0.444 e. The quantitative estimate of drug-likeness (QED) is 0.773. The molecule has 1 N–H and O–H groups in total. The zero-order valence-electron chi connectivity index (χ0n) is 18.3. The third-order valence-electron chi connectivity index (χ3n) is 5.74. The standard InChI is InChI=1S/C23H34N4O2/c1-5-19-9-7-10-20(6-2)23(19)25-21(28)15-26-11-8-12-27(14-13-26)16-22-24-17(3)18(4)29-22/h7,9-10H,5-6,8,11-16H2,1-4H3,(H,25,28). The lowest BCUT2D eigenvalue weighted by atomic mass is 10.0. The zero-order valence-corrected chi connectivity index (χ0v) is 18.3. The van der Waals surface area contributed by atoms with Crippen molar-refractivity contribution in [3.8, 4) is 0 Å². The van der Waals surface area contributed by atoms with E-state index in [-0.39, 0.29) is 5.91 Å². The van der Waals surface area contributed by atoms with Crippen molar-refractivity contribution in [2.75, 3.05) is 38.0 Å². The van der Waals surface area contributed by atoms with Crippen molar-refractivity contribution >= 4 is 11.6 Å². The Morgan fingerprint density at radius 3 is 2.34 bits per heavy atom. The Labute approximate surface area is 174 Å². The fourth-order valence-electron chi connectivity index (χ4n) is 3.92. The van der Waals surface area contributed by atoms with Crippen LogP contribution in [-0.4, -0.2) is 53.4 Å². The molecule has 2 aromatic rings. The molecular formula is C23H34N4O2. The molecule has 3 rings (SSSR count). The van der Waals surface area contributed by atoms with E-state index < -0.39 is 0 Å². The molecule has 0 aliphatic carbocycles. The molecule has 158 valence electrons. The highest BCUT2D eigenvalue weighted by Gasteiger charge is 2.19. The third-order valence-corrected chi connectivity index (χ3v) is 5.74. The minimum Gasteiger partial charge on any atom is -0.444 e. The maximum absolute atomic E-state index is 12.8. The number of amides is 1. The van der Waals surface area contributed by atoms with Crippen LogP contribution in [0.2, 0.25) is 0 Å². The van der Waals surface area contributed by atoms with E-state index >= 15 is 0 Å². The van der Waals surface area contributed by atoms with Crippen LogP contribution in [0.4, 0.5) is 5.69 Å². The number of rotatable bonds is 7. The van der Waals surface area contributed by atoms with Gasteiger partial charge in [0.1, 0.15) is 5.76 Å². The number of nitrogens with one attached hydrogen (secondary N) is 1. The number of carbonyl (C=O) groups is 1. The fourth-order valence-corrected chi connectivity index (χ4v) is 3.92. The Morgan fingerprint density at radius 2 is 1.72 bits per heavy atom. The highest BCUT2D eigenvalue weighted by Crippen LogP contribution is 2.22. The van der Waals surface area contributed by atoms with Gasteiger partial charge in [0.2, 0.25) is 11.8 Å². The number of para-hydroxylation sites is 1. The number of benzene rings is 1. The maximum Gasteiger partial charge on any atom is 0.238 e. The number of oxazole rings is 1. The second-order valence-electron chi connectivity index (χ2n) is 7.86. The summed E-state index contributed by atoms with van der Waals surface area (Å²) in [5.41, 5.74) is 4.38. The number of carbonyl (C=O) groups excluding carboxylic acids is 1. The van der Waals surface area contributed by atoms with Gasteiger partial charge in [-0.3, -0.25) is 14.6 Å². The molecule has 2 heterocycles. The van der Waals surface area contributed by atoms with Crippen molar-refractivity contribution in [3.63, 3.8) is 0 Å². The van der Waals surface area contributed by atoms with Gasteiger partial charge >= 0.3 is 0 Å². The molecule has 6 nitrogen and oxygen atoms in total. The van der Waals surface area contributed by atoms with E-state index in [9.17, 15) is 4.79 Å². The lowest BCUT2D eigenvalue weighted by molar-refractivity contribution is -0.117. The lowest BCUT2D eigenvalue weighted by Gasteiger charge is -2.21. The van der Waals surface area contributed by atoms with Gasteiger partial charge in [0, 0.05) is 18.8 Å². The molecule has 0 bridgehead atoms. The Balaban J connectivity index is 1.54. The molecule has 1 aliphatic heterocycles. The van der Waals surface area contributed by atoms with Crippen LogP contribution >= 0.6 is 0 Å². The second kappa shape index (κ2) is 10.0. The average Bonchev–Trinajstić information content (AvgIpc) is 2.88. The predicted molar refractivity (Wildman–Crippen MR) is 116 cm³/mol. The van der Waals surface area contributed by atoms with E-state index in [1.165, 1.54) is 11.1 Å². The molecule has 29 heavy (non-hydrogen) atoms. The topological polar surface area (TPSA) is 61.6 Å². The Hall–Kier alpha value is -2.18. The monoisotopic (exact) mass is 398 g/mol. The summed E-state index contributed by atoms with van der Waals surface area (Å²) >= 11 is 0. The van der Waals surface area contributed by atoms with Gasteiger partial charge in [-0.25, -0.2) is 4.98 Å². The van der Waals surface area contributed by atoms with Gasteiger partial charge < -0.3 is 9.73 Å². The molecule has 6 heteroatoms. The smallest absolute Gasteiger partial charge is 0.238 e. The number of hydrogen-bond donors (Lipinski definition) is 1. The first-order valence-electron chi connectivity index (χ1n) is 10.8. The number of nitrogens with zero attached hydrogens (tertiary/aromatic N) is 3. The molecule has 1 aromatic heterocycles. The van der Waals surface area contributed by atoms with Crippen LogP contribution in [0, 0.1) is 13.8 Å². The van der Waals surface area contributed by atoms with E-state index in [0.29, 0.717) is 6.54 Å². The molecule has 1 amide bonds. The van der Waals surface area contributed by atoms with Crippen LogP contribution in [-0.2, 0) is 24.2 Å². The van der Waals surface area contributed by atoms with Gasteiger partial charge in [-0.2, -0.15) is 0 Å². The third kappa shape index (κ3) is 5.67. The first-order valence-corrected chi connectivity index (χ1v) is 10.8. The summed E-state index contributed by atoms with van der Waals surface area (Å²) < 4.78 is 5.73. The SMILES string of the molecule is CCc1cccc(CC)c1NC(=O)CN1CCCN(Cc2nc(C)c(C)o2)CC1. The van der Waals surface area contributed by atoms with Gasteiger partial charge in [-0.1, -0.05) is 32.0 Å². The van der Waals surface area contributed by atoms with Crippen molar-refractivity contribution in [3.05, 3.63) is 46.7 Å². The molecule has 0 atom stereocenters. The summed E-state index contributed by atoms with van der Waals surface area (Å²) in [5, 5.41) is 3.19. The second-order valence-corrected chi connectivity index (χ2v) is 7.86. The van der Waals surface area contributed by atoms with Crippen LogP contribution in [0.5, 0.6) is 0 Å². The summed E-state index contributed by atoms with van der Waals surface area (Å²) in [6.45, 7) is 13.1. The van der Waals surface area contributed by atoms with Crippen LogP contribution < -0.4 is 5.32 Å². The summed E-state index contributed by atoms with van der Waals surface area (Å²) in [6, 6.07) is 6.28. The zero-order chi connectivity index (χ0) is 20.8.